The van der Waals surface area contributed by atoms with Crippen LogP contribution < -0.4 is 21.3 Å². The van der Waals surface area contributed by atoms with Crippen LogP contribution in [0.15, 0.2) is 72.8 Å². The van der Waals surface area contributed by atoms with Crippen LogP contribution in [0, 0.1) is 0 Å². The van der Waals surface area contributed by atoms with Gasteiger partial charge in [0.05, 0.1) is 52.9 Å². The first kappa shape index (κ1) is 56.8. The van der Waals surface area contributed by atoms with Gasteiger partial charge in [-0.25, -0.2) is 19.6 Å². The molecule has 2 aliphatic rings. The summed E-state index contributed by atoms with van der Waals surface area (Å²) < 4.78 is 22.7. The summed E-state index contributed by atoms with van der Waals surface area (Å²) in [5, 5.41) is 28.9. The van der Waals surface area contributed by atoms with E-state index in [1.807, 2.05) is 48.5 Å². The number of ether oxygens (including phenoxy) is 4. The molecule has 0 aliphatic carbocycles. The number of H-pyrrole nitrogens is 2. The zero-order chi connectivity index (χ0) is 53.2. The first-order chi connectivity index (χ1) is 37.0. The Hall–Kier alpha value is -5.38. The molecule has 0 spiro atoms. The monoisotopic (exact) mass is 1120 g/mol. The smallest absolute Gasteiger partial charge is 0.314 e. The van der Waals surface area contributed by atoms with E-state index in [9.17, 15) is 9.59 Å². The predicted molar refractivity (Wildman–Crippen MR) is 296 cm³/mol. The number of carbonyl (C=O) groups excluding carboxylic acids is 2. The number of urea groups is 2. The summed E-state index contributed by atoms with van der Waals surface area (Å²) in [6.07, 6.45) is 2.56. The summed E-state index contributed by atoms with van der Waals surface area (Å²) in [7, 11) is 4.19. The van der Waals surface area contributed by atoms with E-state index in [-0.39, 0.29) is 23.9 Å². The minimum atomic E-state index is -0.272. The maximum Gasteiger partial charge on any atom is 0.314 e. The van der Waals surface area contributed by atoms with Crippen molar-refractivity contribution < 1.29 is 28.5 Å². The van der Waals surface area contributed by atoms with E-state index in [0.29, 0.717) is 136 Å². The first-order valence-corrected chi connectivity index (χ1v) is 27.2. The number of carbonyl (C=O) groups is 2. The van der Waals surface area contributed by atoms with Crippen molar-refractivity contribution in [2.24, 2.45) is 0 Å². The fourth-order valence-corrected chi connectivity index (χ4v) is 10.5. The largest absolute Gasteiger partial charge is 0.379 e. The Morgan fingerprint density at radius 3 is 1.39 bits per heavy atom. The summed E-state index contributed by atoms with van der Waals surface area (Å²) in [6, 6.07) is 23.7. The van der Waals surface area contributed by atoms with Gasteiger partial charge in [-0.1, -0.05) is 82.8 Å². The van der Waals surface area contributed by atoms with Crippen molar-refractivity contribution in [3.63, 3.8) is 0 Å². The average Bonchev–Trinajstić information content (AvgIpc) is 4.14. The summed E-state index contributed by atoms with van der Waals surface area (Å²) >= 11 is 26.0. The Bertz CT molecular complexity index is 2660. The lowest BCUT2D eigenvalue weighted by atomic mass is 9.84. The van der Waals surface area contributed by atoms with Crippen molar-refractivity contribution in [1.29, 1.82) is 0 Å². The van der Waals surface area contributed by atoms with Gasteiger partial charge < -0.3 is 50.0 Å². The Kier molecular flexibility index (Phi) is 21.6. The minimum absolute atomic E-state index is 0.120. The number of halogens is 4. The number of unbranched alkanes of at least 4 members (excludes halogenated alkanes) is 1. The number of hydrogen-bond acceptors (Lipinski definition) is 12. The molecule has 18 nitrogen and oxygen atoms in total. The van der Waals surface area contributed by atoms with E-state index in [1.165, 1.54) is 0 Å². The number of hydrogen-bond donors (Lipinski definition) is 6. The maximum absolute atomic E-state index is 12.2. The van der Waals surface area contributed by atoms with Crippen LogP contribution in [0.1, 0.15) is 69.7 Å². The Balaban J connectivity index is 0.585. The molecule has 8 rings (SSSR count). The van der Waals surface area contributed by atoms with Gasteiger partial charge in [-0.05, 0) is 96.7 Å². The first-order valence-electron chi connectivity index (χ1n) is 25.7. The fourth-order valence-electron chi connectivity index (χ4n) is 9.36. The molecule has 4 heterocycles. The molecule has 0 saturated heterocycles. The van der Waals surface area contributed by atoms with Crippen LogP contribution in [0.5, 0.6) is 0 Å². The number of aromatic nitrogens is 6. The van der Waals surface area contributed by atoms with Crippen LogP contribution in [-0.2, 0) is 44.9 Å². The van der Waals surface area contributed by atoms with Crippen LogP contribution in [0.4, 0.5) is 9.59 Å². The molecular weight excluding hydrogens is 1050 g/mol. The predicted octanol–water partition coefficient (Wildman–Crippen LogP) is 8.26. The van der Waals surface area contributed by atoms with Crippen LogP contribution in [0.25, 0.3) is 22.8 Å². The molecule has 4 amide bonds. The minimum Gasteiger partial charge on any atom is -0.379 e. The molecule has 0 unspecified atom stereocenters. The van der Waals surface area contributed by atoms with E-state index in [2.05, 4.69) is 89.8 Å². The molecule has 6 N–H and O–H groups in total. The highest BCUT2D eigenvalue weighted by atomic mass is 35.5. The number of nitrogens with one attached hydrogen (secondary N) is 6. The van der Waals surface area contributed by atoms with Gasteiger partial charge in [-0.3, -0.25) is 10.2 Å². The van der Waals surface area contributed by atoms with E-state index in [0.717, 1.165) is 82.3 Å². The lowest BCUT2D eigenvalue weighted by molar-refractivity contribution is 0.0501. The Labute approximate surface area is 463 Å². The third-order valence-electron chi connectivity index (χ3n) is 13.1. The van der Waals surface area contributed by atoms with Crippen LogP contribution in [0.2, 0.25) is 20.1 Å². The Morgan fingerprint density at radius 1 is 0.553 bits per heavy atom. The normalized spacial score (nSPS) is 15.6. The number of rotatable bonds is 27. The molecule has 0 saturated carbocycles. The van der Waals surface area contributed by atoms with Gasteiger partial charge in [-0.2, -0.15) is 10.2 Å². The topological polar surface area (TPSA) is 209 Å². The van der Waals surface area contributed by atoms with Gasteiger partial charge in [0, 0.05) is 108 Å². The molecule has 76 heavy (non-hydrogen) atoms. The molecule has 22 heteroatoms. The second-order valence-electron chi connectivity index (χ2n) is 18.9. The third-order valence-corrected chi connectivity index (χ3v) is 14.2. The highest BCUT2D eigenvalue weighted by Gasteiger charge is 2.29. The zero-order valence-electron chi connectivity index (χ0n) is 42.9. The van der Waals surface area contributed by atoms with Crippen molar-refractivity contribution in [1.82, 2.24) is 61.4 Å². The van der Waals surface area contributed by atoms with Gasteiger partial charge in [-0.15, -0.1) is 0 Å². The van der Waals surface area contributed by atoms with Gasteiger partial charge in [0.1, 0.15) is 11.6 Å². The lowest BCUT2D eigenvalue weighted by Crippen LogP contribution is -2.39. The van der Waals surface area contributed by atoms with Gasteiger partial charge in [0.15, 0.2) is 11.6 Å². The number of benzene rings is 4. The fraction of sp³-hybridized carbons (Fsp3) is 0.444. The Morgan fingerprint density at radius 2 is 0.961 bits per heavy atom. The molecule has 2 atom stereocenters. The van der Waals surface area contributed by atoms with Crippen molar-refractivity contribution >= 4 is 58.5 Å². The van der Waals surface area contributed by atoms with Crippen molar-refractivity contribution in [2.75, 3.05) is 106 Å². The zero-order valence-corrected chi connectivity index (χ0v) is 45.9. The summed E-state index contributed by atoms with van der Waals surface area (Å²) in [4.78, 5) is 38.3. The van der Waals surface area contributed by atoms with Crippen LogP contribution in [0.3, 0.4) is 0 Å². The van der Waals surface area contributed by atoms with Crippen molar-refractivity contribution in [3.05, 3.63) is 138 Å². The van der Waals surface area contributed by atoms with Crippen molar-refractivity contribution in [3.8, 4) is 22.8 Å². The number of fused-ring (bicyclic) bond motifs is 2. The molecule has 0 radical (unpaired) electrons. The second kappa shape index (κ2) is 28.8. The third kappa shape index (κ3) is 16.6. The standard InChI is InChI=1S/C54H66Cl4N12O6/c1-69-31-43(41-27-39(55)29-47(57)45(41)33-69)35-7-5-9-37(25-35)51-63-49(65-67-51)11-17-73-21-23-75-19-15-61-53(71)59-13-3-4-14-60-54(72)62-16-20-76-24-22-74-18-12-50-64-52(68-66-50)38-10-6-8-36(26-38)44-32-70(2)34-46-42(44)28-40(56)30-48(46)58/h5-10,25-30,43-44H,3-4,11-24,31-34H2,1-2H3,(H2,59,61,71)(H2,60,62,72)(H,63,65,67)(H,64,66,68)/t43-,44-/m0/s1. The highest BCUT2D eigenvalue weighted by molar-refractivity contribution is 6.35. The van der Waals surface area contributed by atoms with Crippen molar-refractivity contribution in [2.45, 2.75) is 50.6 Å². The van der Waals surface area contributed by atoms with Gasteiger partial charge >= 0.3 is 12.1 Å². The number of amides is 4. The molecule has 406 valence electrons. The van der Waals surface area contributed by atoms with E-state index < -0.39 is 0 Å². The van der Waals surface area contributed by atoms with Gasteiger partial charge in [0.25, 0.3) is 0 Å². The molecule has 6 aromatic rings. The maximum atomic E-state index is 12.2. The number of nitrogens with zero attached hydrogens (tertiary/aromatic N) is 6. The summed E-state index contributed by atoms with van der Waals surface area (Å²) in [5.74, 6) is 2.96. The van der Waals surface area contributed by atoms with Crippen LogP contribution >= 0.6 is 46.4 Å². The van der Waals surface area contributed by atoms with Crippen LogP contribution in [-0.4, -0.2) is 158 Å². The molecular formula is C54H66Cl4N12O6. The number of likely N-dealkylation sites (N-methyl/N-ethyl adjacent to an activating group) is 2. The average molecular weight is 1120 g/mol. The molecule has 2 aliphatic heterocycles. The summed E-state index contributed by atoms with van der Waals surface area (Å²) in [6.45, 7) is 8.18. The highest BCUT2D eigenvalue weighted by Crippen LogP contribution is 2.41. The SMILES string of the molecule is CN1Cc2c(Cl)cc(Cl)cc2[C@H](c2cccc(-c3n[nH]c(CCOCCOCCNC(=O)NCCCCNC(=O)NCCOCCOCCc4nc(-c5cccc([C@@H]6CN(C)Cc7c(Cl)cc(Cl)cc76)c5)n[nH]4)n3)c2)C1. The van der Waals surface area contributed by atoms with E-state index in [4.69, 9.17) is 75.3 Å². The quantitative estimate of drug-likeness (QED) is 0.0270. The molecule has 2 aromatic heterocycles. The van der Waals surface area contributed by atoms with E-state index in [1.54, 1.807) is 0 Å². The summed E-state index contributed by atoms with van der Waals surface area (Å²) in [5.41, 5.74) is 8.68. The second-order valence-corrected chi connectivity index (χ2v) is 20.6. The molecule has 4 aromatic carbocycles. The van der Waals surface area contributed by atoms with Gasteiger partial charge in [0.2, 0.25) is 0 Å². The van der Waals surface area contributed by atoms with E-state index >= 15 is 0 Å². The molecule has 0 fully saturated rings. The lowest BCUT2D eigenvalue weighted by Gasteiger charge is -2.33. The number of aromatic amines is 2. The molecule has 0 bridgehead atoms.